The lowest BCUT2D eigenvalue weighted by molar-refractivity contribution is 0.0819. The first kappa shape index (κ1) is 21.1. The Bertz CT molecular complexity index is 812. The molecule has 0 aliphatic carbocycles. The number of nitrogens with zero attached hydrogens (tertiary/aromatic N) is 4. The number of rotatable bonds is 8. The monoisotopic (exact) mass is 401 g/mol. The zero-order valence-corrected chi connectivity index (χ0v) is 17.7. The molecule has 1 amide bonds. The molecule has 0 atom stereocenters. The SMILES string of the molecule is COc1ccc(C(=O)NCCc2ncnn2C)cc1OC1CCN(C(C)C)CC1. The average molecular weight is 402 g/mol. The van der Waals surface area contributed by atoms with Gasteiger partial charge in [0.2, 0.25) is 0 Å². The minimum atomic E-state index is -0.144. The molecule has 1 aliphatic heterocycles. The molecule has 0 bridgehead atoms. The number of likely N-dealkylation sites (tertiary alicyclic amines) is 1. The van der Waals surface area contributed by atoms with Gasteiger partial charge in [0, 0.05) is 44.7 Å². The summed E-state index contributed by atoms with van der Waals surface area (Å²) in [4.78, 5) is 19.2. The number of aryl methyl sites for hydroxylation is 1. The maximum atomic E-state index is 12.6. The van der Waals surface area contributed by atoms with Crippen LogP contribution in [0.1, 0.15) is 42.9 Å². The van der Waals surface area contributed by atoms with E-state index in [0.717, 1.165) is 31.8 Å². The lowest BCUT2D eigenvalue weighted by Gasteiger charge is -2.34. The molecule has 1 fully saturated rings. The van der Waals surface area contributed by atoms with Gasteiger partial charge in [-0.3, -0.25) is 9.48 Å². The Kier molecular flexibility index (Phi) is 7.09. The summed E-state index contributed by atoms with van der Waals surface area (Å²) in [5, 5.41) is 6.96. The van der Waals surface area contributed by atoms with Crippen molar-refractivity contribution in [3.05, 3.63) is 35.9 Å². The first-order chi connectivity index (χ1) is 14.0. The van der Waals surface area contributed by atoms with E-state index in [1.165, 1.54) is 6.33 Å². The van der Waals surface area contributed by atoms with Gasteiger partial charge in [-0.25, -0.2) is 4.98 Å². The van der Waals surface area contributed by atoms with Crippen LogP contribution >= 0.6 is 0 Å². The molecule has 29 heavy (non-hydrogen) atoms. The molecule has 8 heteroatoms. The third-order valence-corrected chi connectivity index (χ3v) is 5.37. The number of aromatic nitrogens is 3. The maximum Gasteiger partial charge on any atom is 0.251 e. The molecule has 0 unspecified atom stereocenters. The summed E-state index contributed by atoms with van der Waals surface area (Å²) >= 11 is 0. The number of hydrogen-bond acceptors (Lipinski definition) is 6. The quantitative estimate of drug-likeness (QED) is 0.729. The number of methoxy groups -OCH3 is 1. The third kappa shape index (κ3) is 5.47. The van der Waals surface area contributed by atoms with Crippen LogP contribution < -0.4 is 14.8 Å². The summed E-state index contributed by atoms with van der Waals surface area (Å²) in [6.45, 7) is 6.97. The number of benzene rings is 1. The Labute approximate surface area is 172 Å². The van der Waals surface area contributed by atoms with Gasteiger partial charge >= 0.3 is 0 Å². The molecule has 8 nitrogen and oxygen atoms in total. The lowest BCUT2D eigenvalue weighted by Crippen LogP contribution is -2.41. The van der Waals surface area contributed by atoms with Crippen molar-refractivity contribution in [3.8, 4) is 11.5 Å². The Morgan fingerprint density at radius 3 is 2.66 bits per heavy atom. The standard InChI is InChI=1S/C21H31N5O3/c1-15(2)26-11-8-17(9-12-26)29-19-13-16(5-6-18(19)28-4)21(27)22-10-7-20-23-14-24-25(20)3/h5-6,13-15,17H,7-12H2,1-4H3,(H,22,27). The van der Waals surface area contributed by atoms with Crippen LogP contribution in [0.3, 0.4) is 0 Å². The second-order valence-corrected chi connectivity index (χ2v) is 7.62. The first-order valence-electron chi connectivity index (χ1n) is 10.2. The predicted octanol–water partition coefficient (Wildman–Crippen LogP) is 2.05. The van der Waals surface area contributed by atoms with Gasteiger partial charge in [0.25, 0.3) is 5.91 Å². The van der Waals surface area contributed by atoms with Crippen LogP contribution in [0.4, 0.5) is 0 Å². The molecule has 0 saturated carbocycles. The smallest absolute Gasteiger partial charge is 0.251 e. The fourth-order valence-electron chi connectivity index (χ4n) is 3.54. The molecule has 2 heterocycles. The molecular formula is C21H31N5O3. The van der Waals surface area contributed by atoms with Gasteiger partial charge in [-0.2, -0.15) is 5.10 Å². The van der Waals surface area contributed by atoms with Gasteiger partial charge in [-0.1, -0.05) is 0 Å². The van der Waals surface area contributed by atoms with Crippen molar-refractivity contribution in [3.63, 3.8) is 0 Å². The highest BCUT2D eigenvalue weighted by atomic mass is 16.5. The van der Waals surface area contributed by atoms with Gasteiger partial charge < -0.3 is 19.7 Å². The number of carbonyl (C=O) groups excluding carboxylic acids is 1. The number of amides is 1. The van der Waals surface area contributed by atoms with E-state index < -0.39 is 0 Å². The molecule has 0 spiro atoms. The number of hydrogen-bond donors (Lipinski definition) is 1. The average Bonchev–Trinajstić information content (AvgIpc) is 3.13. The zero-order valence-electron chi connectivity index (χ0n) is 17.7. The van der Waals surface area contributed by atoms with E-state index in [1.54, 1.807) is 30.0 Å². The van der Waals surface area contributed by atoms with Crippen molar-refractivity contribution in [2.24, 2.45) is 7.05 Å². The Hall–Kier alpha value is -2.61. The topological polar surface area (TPSA) is 81.5 Å². The van der Waals surface area contributed by atoms with Crippen molar-refractivity contribution in [1.29, 1.82) is 0 Å². The first-order valence-corrected chi connectivity index (χ1v) is 10.2. The fraction of sp³-hybridized carbons (Fsp3) is 0.571. The van der Waals surface area contributed by atoms with E-state index in [-0.39, 0.29) is 12.0 Å². The summed E-state index contributed by atoms with van der Waals surface area (Å²) < 4.78 is 13.4. The van der Waals surface area contributed by atoms with E-state index in [9.17, 15) is 4.79 Å². The third-order valence-electron chi connectivity index (χ3n) is 5.37. The molecule has 1 saturated heterocycles. The molecular weight excluding hydrogens is 370 g/mol. The number of nitrogens with one attached hydrogen (secondary N) is 1. The predicted molar refractivity (Wildman–Crippen MR) is 110 cm³/mol. The maximum absolute atomic E-state index is 12.6. The minimum absolute atomic E-state index is 0.133. The molecule has 3 rings (SSSR count). The number of carbonyl (C=O) groups is 1. The Morgan fingerprint density at radius 1 is 1.28 bits per heavy atom. The largest absolute Gasteiger partial charge is 0.493 e. The molecule has 2 aromatic rings. The van der Waals surface area contributed by atoms with Gasteiger partial charge in [0.05, 0.1) is 7.11 Å². The molecule has 1 aromatic heterocycles. The van der Waals surface area contributed by atoms with Gasteiger partial charge in [0.1, 0.15) is 18.3 Å². The lowest BCUT2D eigenvalue weighted by atomic mass is 10.1. The van der Waals surface area contributed by atoms with Crippen LogP contribution in [0.5, 0.6) is 11.5 Å². The van der Waals surface area contributed by atoms with E-state index in [0.29, 0.717) is 36.1 Å². The van der Waals surface area contributed by atoms with Crippen LogP contribution in [0, 0.1) is 0 Å². The zero-order chi connectivity index (χ0) is 20.8. The molecule has 158 valence electrons. The Morgan fingerprint density at radius 2 is 2.03 bits per heavy atom. The molecule has 1 N–H and O–H groups in total. The van der Waals surface area contributed by atoms with E-state index in [1.807, 2.05) is 7.05 Å². The van der Waals surface area contributed by atoms with Crippen LogP contribution in [-0.2, 0) is 13.5 Å². The summed E-state index contributed by atoms with van der Waals surface area (Å²) in [7, 11) is 3.45. The normalized spacial score (nSPS) is 15.5. The van der Waals surface area contributed by atoms with Crippen molar-refractivity contribution in [2.75, 3.05) is 26.7 Å². The van der Waals surface area contributed by atoms with E-state index in [4.69, 9.17) is 9.47 Å². The highest BCUT2D eigenvalue weighted by Crippen LogP contribution is 2.31. The van der Waals surface area contributed by atoms with Crippen molar-refractivity contribution in [1.82, 2.24) is 25.0 Å². The van der Waals surface area contributed by atoms with Crippen LogP contribution in [0.25, 0.3) is 0 Å². The molecule has 1 aliphatic rings. The van der Waals surface area contributed by atoms with Crippen LogP contribution in [-0.4, -0.2) is 64.5 Å². The minimum Gasteiger partial charge on any atom is -0.493 e. The molecule has 1 aromatic carbocycles. The van der Waals surface area contributed by atoms with Crippen molar-refractivity contribution >= 4 is 5.91 Å². The highest BCUT2D eigenvalue weighted by molar-refractivity contribution is 5.94. The summed E-state index contributed by atoms with van der Waals surface area (Å²) in [5.41, 5.74) is 0.554. The summed E-state index contributed by atoms with van der Waals surface area (Å²) in [5.74, 6) is 1.95. The molecule has 0 radical (unpaired) electrons. The Balaban J connectivity index is 1.59. The second kappa shape index (κ2) is 9.73. The van der Waals surface area contributed by atoms with Gasteiger partial charge in [-0.15, -0.1) is 0 Å². The van der Waals surface area contributed by atoms with Crippen molar-refractivity contribution < 1.29 is 14.3 Å². The fourth-order valence-corrected chi connectivity index (χ4v) is 3.54. The van der Waals surface area contributed by atoms with E-state index in [2.05, 4.69) is 34.1 Å². The van der Waals surface area contributed by atoms with Gasteiger partial charge in [-0.05, 0) is 44.9 Å². The summed E-state index contributed by atoms with van der Waals surface area (Å²) in [6.07, 6.45) is 4.20. The highest BCUT2D eigenvalue weighted by Gasteiger charge is 2.23. The van der Waals surface area contributed by atoms with Gasteiger partial charge in [0.15, 0.2) is 11.5 Å². The second-order valence-electron chi connectivity index (χ2n) is 7.62. The number of ether oxygens (including phenoxy) is 2. The summed E-state index contributed by atoms with van der Waals surface area (Å²) in [6, 6.07) is 5.87. The van der Waals surface area contributed by atoms with E-state index >= 15 is 0 Å². The number of piperidine rings is 1. The van der Waals surface area contributed by atoms with Crippen LogP contribution in [0.2, 0.25) is 0 Å². The van der Waals surface area contributed by atoms with Crippen molar-refractivity contribution in [2.45, 2.75) is 45.3 Å². The van der Waals surface area contributed by atoms with Crippen LogP contribution in [0.15, 0.2) is 24.5 Å².